The summed E-state index contributed by atoms with van der Waals surface area (Å²) in [6.45, 7) is 1.26. The molecule has 0 spiro atoms. The first-order chi connectivity index (χ1) is 13.3. The van der Waals surface area contributed by atoms with Crippen LogP contribution in [0.2, 0.25) is 0 Å². The Balaban J connectivity index is 1.69. The van der Waals surface area contributed by atoms with Crippen molar-refractivity contribution in [1.29, 1.82) is 0 Å². The minimum Gasteiger partial charge on any atom is -0.309 e. The SMILES string of the molecule is CN(C)CCCCCCCCCCCCCCCCCCc1ccccc1. The van der Waals surface area contributed by atoms with Crippen molar-refractivity contribution < 1.29 is 0 Å². The van der Waals surface area contributed by atoms with Gasteiger partial charge in [0.2, 0.25) is 0 Å². The van der Waals surface area contributed by atoms with Gasteiger partial charge >= 0.3 is 0 Å². The molecule has 0 amide bonds. The normalized spacial score (nSPS) is 11.4. The average molecular weight is 374 g/mol. The molecule has 156 valence electrons. The molecule has 1 aromatic rings. The fraction of sp³-hybridized carbons (Fsp3) is 0.769. The molecule has 1 rings (SSSR count). The fourth-order valence-electron chi connectivity index (χ4n) is 3.88. The van der Waals surface area contributed by atoms with Crippen LogP contribution in [0.3, 0.4) is 0 Å². The van der Waals surface area contributed by atoms with Crippen LogP contribution >= 0.6 is 0 Å². The van der Waals surface area contributed by atoms with Crippen LogP contribution in [0.4, 0.5) is 0 Å². The molecule has 27 heavy (non-hydrogen) atoms. The highest BCUT2D eigenvalue weighted by molar-refractivity contribution is 5.14. The second-order valence-electron chi connectivity index (χ2n) is 8.70. The summed E-state index contributed by atoms with van der Waals surface area (Å²) >= 11 is 0. The summed E-state index contributed by atoms with van der Waals surface area (Å²) in [5.74, 6) is 0. The molecule has 1 nitrogen and oxygen atoms in total. The predicted octanol–water partition coefficient (Wildman–Crippen LogP) is 8.03. The Morgan fingerprint density at radius 2 is 0.852 bits per heavy atom. The fourth-order valence-corrected chi connectivity index (χ4v) is 3.88. The van der Waals surface area contributed by atoms with E-state index in [1.165, 1.54) is 121 Å². The first kappa shape index (κ1) is 24.2. The molecule has 0 N–H and O–H groups in total. The van der Waals surface area contributed by atoms with E-state index >= 15 is 0 Å². The Labute approximate surface area is 170 Å². The molecule has 0 heterocycles. The minimum atomic E-state index is 1.26. The highest BCUT2D eigenvalue weighted by atomic mass is 15.0. The number of hydrogen-bond donors (Lipinski definition) is 0. The highest BCUT2D eigenvalue weighted by Crippen LogP contribution is 2.14. The molecule has 0 aliphatic rings. The van der Waals surface area contributed by atoms with Gasteiger partial charge in [-0.15, -0.1) is 0 Å². The van der Waals surface area contributed by atoms with Crippen LogP contribution < -0.4 is 0 Å². The molecule has 0 aromatic heterocycles. The lowest BCUT2D eigenvalue weighted by Crippen LogP contribution is -2.12. The van der Waals surface area contributed by atoms with Gasteiger partial charge in [-0.05, 0) is 45.5 Å². The Morgan fingerprint density at radius 3 is 1.26 bits per heavy atom. The van der Waals surface area contributed by atoms with Gasteiger partial charge in [0.05, 0.1) is 0 Å². The largest absolute Gasteiger partial charge is 0.309 e. The number of aryl methyl sites for hydroxylation is 1. The average Bonchev–Trinajstić information content (AvgIpc) is 2.67. The molecule has 0 aliphatic carbocycles. The van der Waals surface area contributed by atoms with E-state index < -0.39 is 0 Å². The van der Waals surface area contributed by atoms with Crippen molar-refractivity contribution in [2.24, 2.45) is 0 Å². The molecular weight excluding hydrogens is 326 g/mol. The van der Waals surface area contributed by atoms with Crippen LogP contribution in [0.15, 0.2) is 30.3 Å². The lowest BCUT2D eigenvalue weighted by Gasteiger charge is -2.08. The van der Waals surface area contributed by atoms with E-state index in [0.29, 0.717) is 0 Å². The van der Waals surface area contributed by atoms with Gasteiger partial charge < -0.3 is 4.90 Å². The second kappa shape index (κ2) is 18.5. The van der Waals surface area contributed by atoms with Crippen molar-refractivity contribution in [3.05, 3.63) is 35.9 Å². The van der Waals surface area contributed by atoms with E-state index in [1.54, 1.807) is 0 Å². The van der Waals surface area contributed by atoms with E-state index in [4.69, 9.17) is 0 Å². The Hall–Kier alpha value is -0.820. The molecule has 1 heteroatoms. The van der Waals surface area contributed by atoms with E-state index in [0.717, 1.165) is 0 Å². The Morgan fingerprint density at radius 1 is 0.481 bits per heavy atom. The number of nitrogens with zero attached hydrogens (tertiary/aromatic N) is 1. The van der Waals surface area contributed by atoms with Crippen molar-refractivity contribution >= 4 is 0 Å². The summed E-state index contributed by atoms with van der Waals surface area (Å²) in [4.78, 5) is 2.30. The van der Waals surface area contributed by atoms with Crippen LogP contribution in [-0.4, -0.2) is 25.5 Å². The van der Waals surface area contributed by atoms with Crippen LogP contribution in [0, 0.1) is 0 Å². The number of benzene rings is 1. The van der Waals surface area contributed by atoms with Gasteiger partial charge in [-0.25, -0.2) is 0 Å². The standard InChI is InChI=1S/C26H47N/c1-27(2)25-21-16-14-12-10-8-6-4-3-5-7-9-11-13-15-18-22-26-23-19-17-20-24-26/h17,19-20,23-24H,3-16,18,21-22,25H2,1-2H3. The zero-order valence-corrected chi connectivity index (χ0v) is 18.6. The van der Waals surface area contributed by atoms with E-state index in [1.807, 2.05) is 0 Å². The minimum absolute atomic E-state index is 1.26. The van der Waals surface area contributed by atoms with Crippen LogP contribution in [0.1, 0.15) is 108 Å². The Kier molecular flexibility index (Phi) is 16.6. The predicted molar refractivity (Wildman–Crippen MR) is 123 cm³/mol. The summed E-state index contributed by atoms with van der Waals surface area (Å²) in [6.07, 6.45) is 24.3. The van der Waals surface area contributed by atoms with Crippen LogP contribution in [0.5, 0.6) is 0 Å². The smallest absolute Gasteiger partial charge is 0.00248 e. The maximum atomic E-state index is 2.30. The second-order valence-corrected chi connectivity index (χ2v) is 8.70. The van der Waals surface area contributed by atoms with Crippen molar-refractivity contribution in [3.8, 4) is 0 Å². The Bertz CT molecular complexity index is 398. The third kappa shape index (κ3) is 17.0. The number of hydrogen-bond acceptors (Lipinski definition) is 1. The zero-order valence-electron chi connectivity index (χ0n) is 18.6. The van der Waals surface area contributed by atoms with Gasteiger partial charge in [-0.1, -0.05) is 120 Å². The maximum absolute atomic E-state index is 2.30. The van der Waals surface area contributed by atoms with E-state index in [-0.39, 0.29) is 0 Å². The van der Waals surface area contributed by atoms with Gasteiger partial charge in [0, 0.05) is 0 Å². The zero-order chi connectivity index (χ0) is 19.4. The van der Waals surface area contributed by atoms with Gasteiger partial charge in [0.15, 0.2) is 0 Å². The lowest BCUT2D eigenvalue weighted by atomic mass is 10.0. The van der Waals surface area contributed by atoms with Crippen molar-refractivity contribution in [2.75, 3.05) is 20.6 Å². The van der Waals surface area contributed by atoms with Crippen LogP contribution in [-0.2, 0) is 6.42 Å². The summed E-state index contributed by atoms with van der Waals surface area (Å²) in [5, 5.41) is 0. The molecule has 0 saturated heterocycles. The maximum Gasteiger partial charge on any atom is -0.00248 e. The molecule has 0 unspecified atom stereocenters. The van der Waals surface area contributed by atoms with E-state index in [2.05, 4.69) is 49.3 Å². The van der Waals surface area contributed by atoms with Crippen LogP contribution in [0.25, 0.3) is 0 Å². The van der Waals surface area contributed by atoms with Gasteiger partial charge in [-0.2, -0.15) is 0 Å². The quantitative estimate of drug-likeness (QED) is 0.222. The molecule has 0 saturated carbocycles. The van der Waals surface area contributed by atoms with Crippen molar-refractivity contribution in [1.82, 2.24) is 4.90 Å². The number of rotatable bonds is 19. The summed E-state index contributed by atoms with van der Waals surface area (Å²) in [7, 11) is 4.35. The first-order valence-corrected chi connectivity index (χ1v) is 12.0. The topological polar surface area (TPSA) is 3.24 Å². The van der Waals surface area contributed by atoms with Crippen molar-refractivity contribution in [3.63, 3.8) is 0 Å². The summed E-state index contributed by atoms with van der Waals surface area (Å²) < 4.78 is 0. The molecular formula is C26H47N. The molecule has 1 aromatic carbocycles. The molecule has 0 bridgehead atoms. The summed E-state index contributed by atoms with van der Waals surface area (Å²) in [6, 6.07) is 10.9. The monoisotopic (exact) mass is 373 g/mol. The molecule has 0 atom stereocenters. The molecule has 0 fully saturated rings. The summed E-state index contributed by atoms with van der Waals surface area (Å²) in [5.41, 5.74) is 1.50. The van der Waals surface area contributed by atoms with Gasteiger partial charge in [-0.3, -0.25) is 0 Å². The third-order valence-electron chi connectivity index (χ3n) is 5.66. The van der Waals surface area contributed by atoms with Gasteiger partial charge in [0.1, 0.15) is 0 Å². The molecule has 0 radical (unpaired) electrons. The first-order valence-electron chi connectivity index (χ1n) is 12.0. The van der Waals surface area contributed by atoms with Crippen molar-refractivity contribution in [2.45, 2.75) is 109 Å². The number of unbranched alkanes of at least 4 members (excludes halogenated alkanes) is 15. The van der Waals surface area contributed by atoms with Gasteiger partial charge in [0.25, 0.3) is 0 Å². The molecule has 0 aliphatic heterocycles. The van der Waals surface area contributed by atoms with E-state index in [9.17, 15) is 0 Å². The third-order valence-corrected chi connectivity index (χ3v) is 5.66. The highest BCUT2D eigenvalue weighted by Gasteiger charge is 1.96. The lowest BCUT2D eigenvalue weighted by molar-refractivity contribution is 0.389.